The van der Waals surface area contributed by atoms with E-state index in [2.05, 4.69) is 12.2 Å². The number of amides is 2. The van der Waals surface area contributed by atoms with E-state index in [0.717, 1.165) is 19.3 Å². The van der Waals surface area contributed by atoms with Gasteiger partial charge in [0.1, 0.15) is 0 Å². The van der Waals surface area contributed by atoms with Crippen LogP contribution >= 0.6 is 11.8 Å². The first-order valence-electron chi connectivity index (χ1n) is 7.70. The minimum absolute atomic E-state index is 0.0788. The predicted octanol–water partition coefficient (Wildman–Crippen LogP) is 4.02. The first-order chi connectivity index (χ1) is 11.0. The molecule has 0 aromatic heterocycles. The highest BCUT2D eigenvalue weighted by molar-refractivity contribution is 7.99. The van der Waals surface area contributed by atoms with E-state index >= 15 is 0 Å². The second-order valence-electron chi connectivity index (χ2n) is 5.84. The lowest BCUT2D eigenvalue weighted by molar-refractivity contribution is 0.0542. The van der Waals surface area contributed by atoms with Gasteiger partial charge in [-0.3, -0.25) is 0 Å². The Morgan fingerprint density at radius 2 is 2.13 bits per heavy atom. The Kier molecular flexibility index (Phi) is 6.24. The van der Waals surface area contributed by atoms with Crippen molar-refractivity contribution in [3.8, 4) is 0 Å². The van der Waals surface area contributed by atoms with Gasteiger partial charge < -0.3 is 15.3 Å². The summed E-state index contributed by atoms with van der Waals surface area (Å²) < 4.78 is 24.8. The SMILES string of the molecule is CCC1(CO)CCN(C(=O)Nc2cccc(SC(F)F)c2)CC1. The van der Waals surface area contributed by atoms with Crippen LogP contribution in [0.1, 0.15) is 26.2 Å². The Bertz CT molecular complexity index is 529. The van der Waals surface area contributed by atoms with Gasteiger partial charge in [-0.2, -0.15) is 8.78 Å². The molecule has 0 unspecified atom stereocenters. The van der Waals surface area contributed by atoms with Crippen molar-refractivity contribution in [2.45, 2.75) is 36.8 Å². The fourth-order valence-corrected chi connectivity index (χ4v) is 3.32. The first-order valence-corrected chi connectivity index (χ1v) is 8.58. The van der Waals surface area contributed by atoms with Gasteiger partial charge in [0.2, 0.25) is 0 Å². The van der Waals surface area contributed by atoms with E-state index in [9.17, 15) is 18.7 Å². The lowest BCUT2D eigenvalue weighted by Gasteiger charge is -2.40. The van der Waals surface area contributed by atoms with Crippen molar-refractivity contribution < 1.29 is 18.7 Å². The molecule has 1 fully saturated rings. The van der Waals surface area contributed by atoms with Crippen LogP contribution in [0.5, 0.6) is 0 Å². The molecule has 4 nitrogen and oxygen atoms in total. The van der Waals surface area contributed by atoms with E-state index in [4.69, 9.17) is 0 Å². The number of alkyl halides is 2. The summed E-state index contributed by atoms with van der Waals surface area (Å²) in [4.78, 5) is 14.4. The third-order valence-electron chi connectivity index (χ3n) is 4.51. The van der Waals surface area contributed by atoms with Crippen LogP contribution in [0.15, 0.2) is 29.2 Å². The molecular formula is C16H22F2N2O2S. The van der Waals surface area contributed by atoms with Crippen LogP contribution in [0.3, 0.4) is 0 Å². The number of hydrogen-bond donors (Lipinski definition) is 2. The summed E-state index contributed by atoms with van der Waals surface area (Å²) in [5.74, 6) is -2.48. The molecule has 0 atom stereocenters. The zero-order chi connectivity index (χ0) is 16.9. The molecule has 0 spiro atoms. The maximum absolute atomic E-state index is 12.4. The number of likely N-dealkylation sites (tertiary alicyclic amines) is 1. The maximum Gasteiger partial charge on any atom is 0.321 e. The number of piperidine rings is 1. The molecule has 7 heteroatoms. The molecule has 0 aliphatic carbocycles. The highest BCUT2D eigenvalue weighted by atomic mass is 32.2. The normalized spacial score (nSPS) is 17.3. The molecular weight excluding hydrogens is 322 g/mol. The number of carbonyl (C=O) groups excluding carboxylic acids is 1. The highest BCUT2D eigenvalue weighted by Gasteiger charge is 2.33. The smallest absolute Gasteiger partial charge is 0.321 e. The lowest BCUT2D eigenvalue weighted by atomic mass is 9.77. The Hall–Kier alpha value is -1.34. The van der Waals surface area contributed by atoms with Gasteiger partial charge in [0, 0.05) is 30.3 Å². The van der Waals surface area contributed by atoms with Crippen molar-refractivity contribution in [2.75, 3.05) is 25.0 Å². The summed E-state index contributed by atoms with van der Waals surface area (Å²) in [5.41, 5.74) is 0.431. The summed E-state index contributed by atoms with van der Waals surface area (Å²) in [5, 5.41) is 12.3. The number of aliphatic hydroxyl groups is 1. The summed E-state index contributed by atoms with van der Waals surface area (Å²) in [6.07, 6.45) is 2.44. The summed E-state index contributed by atoms with van der Waals surface area (Å²) in [6.45, 7) is 3.38. The molecule has 1 aromatic rings. The average molecular weight is 344 g/mol. The van der Waals surface area contributed by atoms with E-state index in [1.165, 1.54) is 0 Å². The third kappa shape index (κ3) is 4.81. The quantitative estimate of drug-likeness (QED) is 0.793. The van der Waals surface area contributed by atoms with Crippen LogP contribution in [0.25, 0.3) is 0 Å². The van der Waals surface area contributed by atoms with Gasteiger partial charge >= 0.3 is 6.03 Å². The zero-order valence-corrected chi connectivity index (χ0v) is 13.9. The van der Waals surface area contributed by atoms with Crippen LogP contribution in [-0.4, -0.2) is 41.5 Å². The van der Waals surface area contributed by atoms with Crippen molar-refractivity contribution in [3.63, 3.8) is 0 Å². The van der Waals surface area contributed by atoms with E-state index in [1.54, 1.807) is 29.2 Å². The molecule has 2 rings (SSSR count). The summed E-state index contributed by atoms with van der Waals surface area (Å²) in [6, 6.07) is 6.23. The number of anilines is 1. The summed E-state index contributed by atoms with van der Waals surface area (Å²) >= 11 is 0.455. The van der Waals surface area contributed by atoms with Gasteiger partial charge in [-0.1, -0.05) is 24.8 Å². The Morgan fingerprint density at radius 1 is 1.43 bits per heavy atom. The van der Waals surface area contributed by atoms with Crippen molar-refractivity contribution >= 4 is 23.5 Å². The fourth-order valence-electron chi connectivity index (χ4n) is 2.76. The van der Waals surface area contributed by atoms with Gasteiger partial charge in [-0.15, -0.1) is 0 Å². The minimum Gasteiger partial charge on any atom is -0.396 e. The number of urea groups is 1. The van der Waals surface area contributed by atoms with E-state index in [1.807, 2.05) is 0 Å². The second-order valence-corrected chi connectivity index (χ2v) is 6.90. The number of rotatable bonds is 5. The minimum atomic E-state index is -2.48. The van der Waals surface area contributed by atoms with Gasteiger partial charge in [0.25, 0.3) is 5.76 Å². The Balaban J connectivity index is 1.93. The van der Waals surface area contributed by atoms with Crippen molar-refractivity contribution in [2.24, 2.45) is 5.41 Å². The topological polar surface area (TPSA) is 52.6 Å². The number of thioether (sulfide) groups is 1. The Morgan fingerprint density at radius 3 is 2.70 bits per heavy atom. The van der Waals surface area contributed by atoms with Gasteiger partial charge in [0.15, 0.2) is 0 Å². The van der Waals surface area contributed by atoms with Gasteiger partial charge in [-0.05, 0) is 42.9 Å². The number of halogens is 2. The molecule has 0 saturated carbocycles. The largest absolute Gasteiger partial charge is 0.396 e. The number of benzene rings is 1. The second kappa shape index (κ2) is 7.97. The van der Waals surface area contributed by atoms with Crippen LogP contribution in [-0.2, 0) is 0 Å². The number of carbonyl (C=O) groups is 1. The van der Waals surface area contributed by atoms with Crippen molar-refractivity contribution in [1.29, 1.82) is 0 Å². The lowest BCUT2D eigenvalue weighted by Crippen LogP contribution is -2.46. The van der Waals surface area contributed by atoms with E-state index in [-0.39, 0.29) is 18.1 Å². The van der Waals surface area contributed by atoms with E-state index in [0.29, 0.717) is 35.4 Å². The number of hydrogen-bond acceptors (Lipinski definition) is 3. The number of aliphatic hydroxyl groups excluding tert-OH is 1. The van der Waals surface area contributed by atoms with Gasteiger partial charge in [-0.25, -0.2) is 4.79 Å². The van der Waals surface area contributed by atoms with Crippen molar-refractivity contribution in [3.05, 3.63) is 24.3 Å². The first kappa shape index (κ1) is 18.0. The van der Waals surface area contributed by atoms with Crippen LogP contribution < -0.4 is 5.32 Å². The molecule has 23 heavy (non-hydrogen) atoms. The summed E-state index contributed by atoms with van der Waals surface area (Å²) in [7, 11) is 0. The zero-order valence-electron chi connectivity index (χ0n) is 13.1. The predicted molar refractivity (Wildman–Crippen MR) is 87.9 cm³/mol. The molecule has 1 aliphatic heterocycles. The molecule has 0 bridgehead atoms. The van der Waals surface area contributed by atoms with Gasteiger partial charge in [0.05, 0.1) is 0 Å². The van der Waals surface area contributed by atoms with Crippen LogP contribution in [0.2, 0.25) is 0 Å². The number of nitrogens with zero attached hydrogens (tertiary/aromatic N) is 1. The number of nitrogens with one attached hydrogen (secondary N) is 1. The third-order valence-corrected chi connectivity index (χ3v) is 5.21. The molecule has 0 radical (unpaired) electrons. The molecule has 1 saturated heterocycles. The molecule has 1 aliphatic rings. The highest BCUT2D eigenvalue weighted by Crippen LogP contribution is 2.34. The molecule has 1 aromatic carbocycles. The molecule has 1 heterocycles. The monoisotopic (exact) mass is 344 g/mol. The Labute approximate surface area is 139 Å². The van der Waals surface area contributed by atoms with Crippen molar-refractivity contribution in [1.82, 2.24) is 4.90 Å². The average Bonchev–Trinajstić information content (AvgIpc) is 2.54. The maximum atomic E-state index is 12.4. The molecule has 2 amide bonds. The standard InChI is InChI=1S/C16H22F2N2O2S/c1-2-16(11-21)6-8-20(9-7-16)15(22)19-12-4-3-5-13(10-12)23-14(17)18/h3-5,10,14,21H,2,6-9,11H2,1H3,(H,19,22). The van der Waals surface area contributed by atoms with E-state index < -0.39 is 5.76 Å². The fraction of sp³-hybridized carbons (Fsp3) is 0.562. The molecule has 2 N–H and O–H groups in total. The van der Waals surface area contributed by atoms with Crippen LogP contribution in [0, 0.1) is 5.41 Å². The molecule has 128 valence electrons. The van der Waals surface area contributed by atoms with Crippen LogP contribution in [0.4, 0.5) is 19.3 Å².